The van der Waals surface area contributed by atoms with Gasteiger partial charge in [0.15, 0.2) is 0 Å². The third-order valence-electron chi connectivity index (χ3n) is 4.03. The zero-order chi connectivity index (χ0) is 10.3. The van der Waals surface area contributed by atoms with Crippen molar-refractivity contribution in [2.24, 2.45) is 17.3 Å². The van der Waals surface area contributed by atoms with Crippen LogP contribution in [0.4, 0.5) is 0 Å². The van der Waals surface area contributed by atoms with Crippen molar-refractivity contribution >= 4 is 0 Å². The van der Waals surface area contributed by atoms with Gasteiger partial charge in [0, 0.05) is 5.92 Å². The topological polar surface area (TPSA) is 29.5 Å². The number of aliphatic hydroxyl groups is 1. The largest absolute Gasteiger partial charge is 0.390 e. The van der Waals surface area contributed by atoms with Gasteiger partial charge < -0.3 is 9.84 Å². The Morgan fingerprint density at radius 2 is 1.93 bits per heavy atom. The van der Waals surface area contributed by atoms with Gasteiger partial charge >= 0.3 is 0 Å². The van der Waals surface area contributed by atoms with Gasteiger partial charge in [0.2, 0.25) is 0 Å². The lowest BCUT2D eigenvalue weighted by Gasteiger charge is -2.39. The summed E-state index contributed by atoms with van der Waals surface area (Å²) in [6.07, 6.45) is 3.70. The van der Waals surface area contributed by atoms with Crippen molar-refractivity contribution in [3.63, 3.8) is 0 Å². The van der Waals surface area contributed by atoms with E-state index in [0.717, 1.165) is 18.8 Å². The van der Waals surface area contributed by atoms with Crippen LogP contribution in [0, 0.1) is 17.3 Å². The molecular weight excluding hydrogens is 176 g/mol. The zero-order valence-corrected chi connectivity index (χ0v) is 9.49. The summed E-state index contributed by atoms with van der Waals surface area (Å²) in [7, 11) is 0. The lowest BCUT2D eigenvalue weighted by molar-refractivity contribution is 0.0251. The standard InChI is InChI=1S/C12H22O2/c1-12(2,3)8-4-5-11-9(6-8)10(13)7-14-11/h8-11,13H,4-7H2,1-3H3/t8-,9-,10-,11-/m0/s1. The molecule has 2 rings (SSSR count). The molecule has 0 aromatic heterocycles. The minimum Gasteiger partial charge on any atom is -0.390 e. The molecule has 2 nitrogen and oxygen atoms in total. The van der Waals surface area contributed by atoms with Crippen molar-refractivity contribution < 1.29 is 9.84 Å². The van der Waals surface area contributed by atoms with Gasteiger partial charge in [-0.25, -0.2) is 0 Å². The van der Waals surface area contributed by atoms with Crippen LogP contribution in [0.2, 0.25) is 0 Å². The molecule has 0 radical (unpaired) electrons. The van der Waals surface area contributed by atoms with Gasteiger partial charge in [0.25, 0.3) is 0 Å². The molecule has 2 heteroatoms. The first-order valence-corrected chi connectivity index (χ1v) is 5.78. The molecule has 14 heavy (non-hydrogen) atoms. The fourth-order valence-corrected chi connectivity index (χ4v) is 2.92. The average molecular weight is 198 g/mol. The Morgan fingerprint density at radius 1 is 1.21 bits per heavy atom. The molecule has 0 bridgehead atoms. The van der Waals surface area contributed by atoms with Crippen LogP contribution in [0.5, 0.6) is 0 Å². The third-order valence-corrected chi connectivity index (χ3v) is 4.03. The van der Waals surface area contributed by atoms with Crippen molar-refractivity contribution in [2.75, 3.05) is 6.61 Å². The Labute approximate surface area is 86.6 Å². The first-order chi connectivity index (χ1) is 6.48. The third kappa shape index (κ3) is 1.82. The van der Waals surface area contributed by atoms with E-state index in [-0.39, 0.29) is 6.10 Å². The SMILES string of the molecule is CC(C)(C)[C@H]1CC[C@@H]2OC[C@H](O)[C@@H]2C1. The number of hydrogen-bond acceptors (Lipinski definition) is 2. The molecule has 4 atom stereocenters. The molecule has 1 heterocycles. The van der Waals surface area contributed by atoms with Crippen molar-refractivity contribution in [1.29, 1.82) is 0 Å². The van der Waals surface area contributed by atoms with Gasteiger partial charge in [-0.3, -0.25) is 0 Å². The molecule has 1 saturated heterocycles. The van der Waals surface area contributed by atoms with E-state index in [1.807, 2.05) is 0 Å². The second kappa shape index (κ2) is 3.49. The summed E-state index contributed by atoms with van der Waals surface area (Å²) < 4.78 is 5.58. The highest BCUT2D eigenvalue weighted by Gasteiger charge is 2.43. The fourth-order valence-electron chi connectivity index (χ4n) is 2.92. The molecule has 1 saturated carbocycles. The zero-order valence-electron chi connectivity index (χ0n) is 9.49. The minimum absolute atomic E-state index is 0.204. The predicted molar refractivity (Wildman–Crippen MR) is 56.0 cm³/mol. The Morgan fingerprint density at radius 3 is 2.57 bits per heavy atom. The van der Waals surface area contributed by atoms with Crippen molar-refractivity contribution in [1.82, 2.24) is 0 Å². The smallest absolute Gasteiger partial charge is 0.0826 e. The molecule has 1 aliphatic heterocycles. The van der Waals surface area contributed by atoms with Crippen LogP contribution in [0.25, 0.3) is 0 Å². The molecule has 0 amide bonds. The van der Waals surface area contributed by atoms with Gasteiger partial charge in [-0.1, -0.05) is 20.8 Å². The van der Waals surface area contributed by atoms with E-state index in [1.54, 1.807) is 0 Å². The van der Waals surface area contributed by atoms with E-state index in [4.69, 9.17) is 4.74 Å². The highest BCUT2D eigenvalue weighted by atomic mass is 16.5. The molecule has 0 unspecified atom stereocenters. The van der Waals surface area contributed by atoms with Crippen LogP contribution < -0.4 is 0 Å². The van der Waals surface area contributed by atoms with Crippen LogP contribution >= 0.6 is 0 Å². The summed E-state index contributed by atoms with van der Waals surface area (Å²) in [5.74, 6) is 1.16. The van der Waals surface area contributed by atoms with Crippen molar-refractivity contribution in [3.05, 3.63) is 0 Å². The number of ether oxygens (including phenoxy) is 1. The summed E-state index contributed by atoms with van der Waals surface area (Å²) in [5.41, 5.74) is 0.382. The highest BCUT2D eigenvalue weighted by Crippen LogP contribution is 2.44. The first kappa shape index (κ1) is 10.4. The monoisotopic (exact) mass is 198 g/mol. The fraction of sp³-hybridized carbons (Fsp3) is 1.00. The Hall–Kier alpha value is -0.0800. The second-order valence-corrected chi connectivity index (χ2v) is 5.98. The molecular formula is C12H22O2. The summed E-state index contributed by atoms with van der Waals surface area (Å²) >= 11 is 0. The summed E-state index contributed by atoms with van der Waals surface area (Å²) in [6, 6.07) is 0. The maximum Gasteiger partial charge on any atom is 0.0826 e. The van der Waals surface area contributed by atoms with Crippen LogP contribution in [0.3, 0.4) is 0 Å². The number of rotatable bonds is 0. The highest BCUT2D eigenvalue weighted by molar-refractivity contribution is 4.92. The number of aliphatic hydroxyl groups excluding tert-OH is 1. The van der Waals surface area contributed by atoms with E-state index in [9.17, 15) is 5.11 Å². The van der Waals surface area contributed by atoms with Gasteiger partial charge in [-0.15, -0.1) is 0 Å². The Kier molecular flexibility index (Phi) is 2.61. The van der Waals surface area contributed by atoms with Gasteiger partial charge in [0.05, 0.1) is 18.8 Å². The van der Waals surface area contributed by atoms with Crippen molar-refractivity contribution in [3.8, 4) is 0 Å². The van der Waals surface area contributed by atoms with Crippen molar-refractivity contribution in [2.45, 2.75) is 52.2 Å². The molecule has 2 fully saturated rings. The van der Waals surface area contributed by atoms with Gasteiger partial charge in [-0.05, 0) is 30.6 Å². The molecule has 2 aliphatic rings. The maximum absolute atomic E-state index is 9.78. The second-order valence-electron chi connectivity index (χ2n) is 5.98. The molecule has 1 aliphatic carbocycles. The first-order valence-electron chi connectivity index (χ1n) is 5.78. The molecule has 0 aromatic carbocycles. The molecule has 82 valence electrons. The summed E-state index contributed by atoms with van der Waals surface area (Å²) in [6.45, 7) is 7.48. The van der Waals surface area contributed by atoms with Crippen LogP contribution in [0.1, 0.15) is 40.0 Å². The van der Waals surface area contributed by atoms with Gasteiger partial charge in [-0.2, -0.15) is 0 Å². The van der Waals surface area contributed by atoms with E-state index in [1.165, 1.54) is 6.42 Å². The predicted octanol–water partition coefficient (Wildman–Crippen LogP) is 2.21. The number of fused-ring (bicyclic) bond motifs is 1. The average Bonchev–Trinajstić information content (AvgIpc) is 2.46. The molecule has 0 spiro atoms. The van der Waals surface area contributed by atoms with Gasteiger partial charge in [0.1, 0.15) is 0 Å². The minimum atomic E-state index is -0.204. The maximum atomic E-state index is 9.78. The molecule has 0 aromatic rings. The number of hydrogen-bond donors (Lipinski definition) is 1. The van der Waals surface area contributed by atoms with E-state index in [2.05, 4.69) is 20.8 Å². The van der Waals surface area contributed by atoms with Crippen LogP contribution in [-0.4, -0.2) is 23.9 Å². The normalized spacial score (nSPS) is 43.7. The summed E-state index contributed by atoms with van der Waals surface area (Å²) in [5, 5.41) is 9.78. The molecule has 1 N–H and O–H groups in total. The lowest BCUT2D eigenvalue weighted by atomic mass is 9.68. The Balaban J connectivity index is 2.02. The van der Waals surface area contributed by atoms with E-state index >= 15 is 0 Å². The lowest BCUT2D eigenvalue weighted by Crippen LogP contribution is -2.36. The van der Waals surface area contributed by atoms with Crippen LogP contribution in [0.15, 0.2) is 0 Å². The Bertz CT molecular complexity index is 207. The quantitative estimate of drug-likeness (QED) is 0.646. The van der Waals surface area contributed by atoms with Crippen LogP contribution in [-0.2, 0) is 4.74 Å². The summed E-state index contributed by atoms with van der Waals surface area (Å²) in [4.78, 5) is 0. The van der Waals surface area contributed by atoms with E-state index < -0.39 is 0 Å². The van der Waals surface area contributed by atoms with E-state index in [0.29, 0.717) is 24.0 Å².